The third-order valence-electron chi connectivity index (χ3n) is 5.88. The Morgan fingerprint density at radius 3 is 2.64 bits per heavy atom. The molecule has 1 amide bonds. The lowest BCUT2D eigenvalue weighted by atomic mass is 9.97. The van der Waals surface area contributed by atoms with Gasteiger partial charge in [0.2, 0.25) is 5.91 Å². The molecule has 2 aromatic carbocycles. The fourth-order valence-electron chi connectivity index (χ4n) is 4.24. The second kappa shape index (κ2) is 6.55. The summed E-state index contributed by atoms with van der Waals surface area (Å²) in [6.07, 6.45) is 1.61. The van der Waals surface area contributed by atoms with Gasteiger partial charge in [-0.2, -0.15) is 0 Å². The second-order valence-electron chi connectivity index (χ2n) is 7.65. The van der Waals surface area contributed by atoms with Crippen LogP contribution in [0.4, 0.5) is 0 Å². The molecule has 0 radical (unpaired) electrons. The van der Waals surface area contributed by atoms with Crippen molar-refractivity contribution in [2.24, 2.45) is 5.92 Å². The van der Waals surface area contributed by atoms with Gasteiger partial charge in [-0.3, -0.25) is 4.79 Å². The molecule has 6 nitrogen and oxygen atoms in total. The topological polar surface area (TPSA) is 76.1 Å². The summed E-state index contributed by atoms with van der Waals surface area (Å²) in [4.78, 5) is 26.1. The third-order valence-corrected chi connectivity index (χ3v) is 5.88. The molecule has 2 aliphatic heterocycles. The van der Waals surface area contributed by atoms with Crippen LogP contribution in [0.15, 0.2) is 36.4 Å². The van der Waals surface area contributed by atoms with Crippen LogP contribution in [-0.4, -0.2) is 41.6 Å². The summed E-state index contributed by atoms with van der Waals surface area (Å²) >= 11 is 0. The van der Waals surface area contributed by atoms with E-state index in [2.05, 4.69) is 0 Å². The van der Waals surface area contributed by atoms with Gasteiger partial charge in [0.25, 0.3) is 0 Å². The van der Waals surface area contributed by atoms with Gasteiger partial charge in [-0.25, -0.2) is 4.79 Å². The highest BCUT2D eigenvalue weighted by atomic mass is 16.6. The number of rotatable bonds is 3. The Morgan fingerprint density at radius 1 is 1.00 bits per heavy atom. The summed E-state index contributed by atoms with van der Waals surface area (Å²) in [5.41, 5.74) is 3.46. The number of fused-ring (bicyclic) bond motifs is 2. The Kier molecular flexibility index (Phi) is 4.00. The van der Waals surface area contributed by atoms with Crippen molar-refractivity contribution in [2.75, 3.05) is 19.8 Å². The molecule has 0 bridgehead atoms. The molecule has 144 valence electrons. The third kappa shape index (κ3) is 2.99. The summed E-state index contributed by atoms with van der Waals surface area (Å²) in [5, 5.41) is 9.21. The quantitative estimate of drug-likeness (QED) is 0.888. The van der Waals surface area contributed by atoms with Crippen LogP contribution in [0.1, 0.15) is 39.4 Å². The average Bonchev–Trinajstić information content (AvgIpc) is 3.53. The first-order valence-corrected chi connectivity index (χ1v) is 9.63. The van der Waals surface area contributed by atoms with E-state index in [0.717, 1.165) is 41.0 Å². The zero-order valence-electron chi connectivity index (χ0n) is 15.4. The molecule has 1 aliphatic carbocycles. The molecule has 6 heteroatoms. The second-order valence-corrected chi connectivity index (χ2v) is 7.65. The van der Waals surface area contributed by atoms with Gasteiger partial charge in [0.15, 0.2) is 11.5 Å². The number of carbonyl (C=O) groups is 2. The van der Waals surface area contributed by atoms with Crippen molar-refractivity contribution >= 4 is 11.9 Å². The maximum Gasteiger partial charge on any atom is 0.335 e. The first-order valence-electron chi connectivity index (χ1n) is 9.63. The largest absolute Gasteiger partial charge is 0.486 e. The fraction of sp³-hybridized carbons (Fsp3) is 0.364. The van der Waals surface area contributed by atoms with E-state index in [1.165, 1.54) is 0 Å². The van der Waals surface area contributed by atoms with Crippen molar-refractivity contribution in [1.29, 1.82) is 0 Å². The van der Waals surface area contributed by atoms with Crippen LogP contribution in [0.5, 0.6) is 11.5 Å². The highest BCUT2D eigenvalue weighted by Crippen LogP contribution is 2.50. The Hall–Kier alpha value is -3.02. The van der Waals surface area contributed by atoms with E-state index in [1.54, 1.807) is 12.1 Å². The molecule has 1 fully saturated rings. The van der Waals surface area contributed by atoms with Crippen LogP contribution >= 0.6 is 0 Å². The standard InChI is InChI=1S/C22H21NO5/c24-21(23-6-5-13-1-2-15(22(25)26)9-16(13)12-23)18-11-17(18)14-3-4-19-20(10-14)28-8-7-27-19/h1-4,9-10,17-18H,5-8,11-12H2,(H,25,26). The molecular formula is C22H21NO5. The van der Waals surface area contributed by atoms with Gasteiger partial charge in [0, 0.05) is 19.0 Å². The molecule has 5 rings (SSSR count). The summed E-state index contributed by atoms with van der Waals surface area (Å²) in [5.74, 6) is 0.954. The maximum atomic E-state index is 13.0. The fourth-order valence-corrected chi connectivity index (χ4v) is 4.24. The van der Waals surface area contributed by atoms with Crippen molar-refractivity contribution < 1.29 is 24.2 Å². The molecule has 0 spiro atoms. The van der Waals surface area contributed by atoms with Gasteiger partial charge in [0.1, 0.15) is 13.2 Å². The summed E-state index contributed by atoms with van der Waals surface area (Å²) < 4.78 is 11.2. The molecular weight excluding hydrogens is 358 g/mol. The number of aromatic carboxylic acids is 1. The zero-order chi connectivity index (χ0) is 19.3. The highest BCUT2D eigenvalue weighted by Gasteiger charge is 2.46. The number of hydrogen-bond acceptors (Lipinski definition) is 4. The Balaban J connectivity index is 1.29. The maximum absolute atomic E-state index is 13.0. The van der Waals surface area contributed by atoms with Crippen LogP contribution in [0.25, 0.3) is 0 Å². The number of benzene rings is 2. The van der Waals surface area contributed by atoms with Crippen LogP contribution < -0.4 is 9.47 Å². The van der Waals surface area contributed by atoms with E-state index in [9.17, 15) is 14.7 Å². The number of ether oxygens (including phenoxy) is 2. The SMILES string of the molecule is O=C(O)c1ccc2c(c1)CN(C(=O)C1CC1c1ccc3c(c1)OCCO3)CC2. The van der Waals surface area contributed by atoms with E-state index in [1.807, 2.05) is 29.2 Å². The van der Waals surface area contributed by atoms with Crippen molar-refractivity contribution in [3.05, 3.63) is 58.7 Å². The first kappa shape index (κ1) is 17.1. The van der Waals surface area contributed by atoms with Gasteiger partial charge >= 0.3 is 5.97 Å². The molecule has 1 N–H and O–H groups in total. The minimum Gasteiger partial charge on any atom is -0.486 e. The van der Waals surface area contributed by atoms with E-state index in [0.29, 0.717) is 26.3 Å². The van der Waals surface area contributed by atoms with Gasteiger partial charge in [-0.05, 0) is 59.7 Å². The minimum absolute atomic E-state index is 0.00762. The molecule has 2 heterocycles. The van der Waals surface area contributed by atoms with Crippen molar-refractivity contribution in [1.82, 2.24) is 4.90 Å². The number of hydrogen-bond donors (Lipinski definition) is 1. The number of carboxylic acid groups (broad SMARTS) is 1. The summed E-state index contributed by atoms with van der Waals surface area (Å²) in [6, 6.07) is 11.1. The van der Waals surface area contributed by atoms with E-state index in [-0.39, 0.29) is 23.3 Å². The zero-order valence-corrected chi connectivity index (χ0v) is 15.4. The van der Waals surface area contributed by atoms with E-state index in [4.69, 9.17) is 9.47 Å². The van der Waals surface area contributed by atoms with Gasteiger partial charge in [-0.1, -0.05) is 12.1 Å². The lowest BCUT2D eigenvalue weighted by Crippen LogP contribution is -2.37. The number of carboxylic acids is 1. The molecule has 2 unspecified atom stereocenters. The monoisotopic (exact) mass is 379 g/mol. The highest BCUT2D eigenvalue weighted by molar-refractivity contribution is 5.88. The Labute approximate surface area is 162 Å². The minimum atomic E-state index is -0.938. The summed E-state index contributed by atoms with van der Waals surface area (Å²) in [6.45, 7) is 2.29. The van der Waals surface area contributed by atoms with Gasteiger partial charge in [-0.15, -0.1) is 0 Å². The number of carbonyl (C=O) groups excluding carboxylic acids is 1. The normalized spacial score (nSPS) is 22.4. The molecule has 28 heavy (non-hydrogen) atoms. The molecule has 0 aromatic heterocycles. The lowest BCUT2D eigenvalue weighted by molar-refractivity contribution is -0.133. The number of nitrogens with zero attached hydrogens (tertiary/aromatic N) is 1. The van der Waals surface area contributed by atoms with Crippen LogP contribution in [0.3, 0.4) is 0 Å². The van der Waals surface area contributed by atoms with Crippen molar-refractivity contribution in [3.63, 3.8) is 0 Å². The number of amides is 1. The Bertz CT molecular complexity index is 969. The first-order chi connectivity index (χ1) is 13.6. The molecule has 2 atom stereocenters. The molecule has 3 aliphatic rings. The summed E-state index contributed by atoms with van der Waals surface area (Å²) in [7, 11) is 0. The smallest absolute Gasteiger partial charge is 0.335 e. The molecule has 2 aromatic rings. The predicted molar refractivity (Wildman–Crippen MR) is 101 cm³/mol. The van der Waals surface area contributed by atoms with Gasteiger partial charge < -0.3 is 19.5 Å². The van der Waals surface area contributed by atoms with E-state index >= 15 is 0 Å². The lowest BCUT2D eigenvalue weighted by Gasteiger charge is -2.29. The Morgan fingerprint density at radius 2 is 1.82 bits per heavy atom. The van der Waals surface area contributed by atoms with Crippen LogP contribution in [0.2, 0.25) is 0 Å². The molecule has 1 saturated carbocycles. The average molecular weight is 379 g/mol. The van der Waals surface area contributed by atoms with Gasteiger partial charge in [0.05, 0.1) is 5.56 Å². The van der Waals surface area contributed by atoms with Crippen molar-refractivity contribution in [3.8, 4) is 11.5 Å². The van der Waals surface area contributed by atoms with Crippen LogP contribution in [-0.2, 0) is 17.8 Å². The molecule has 0 saturated heterocycles. The van der Waals surface area contributed by atoms with Crippen molar-refractivity contribution in [2.45, 2.75) is 25.3 Å². The van der Waals surface area contributed by atoms with Crippen LogP contribution in [0, 0.1) is 5.92 Å². The predicted octanol–water partition coefficient (Wildman–Crippen LogP) is 2.84. The van der Waals surface area contributed by atoms with E-state index < -0.39 is 5.97 Å².